The standard InChI is InChI=1S/C5H9BrO2/c1-4(3-6)8-5(2)7/h4H,3H2,1-2H3/t4-/m0/s1. The van der Waals surface area contributed by atoms with Crippen molar-refractivity contribution in [2.75, 3.05) is 5.33 Å². The van der Waals surface area contributed by atoms with Crippen molar-refractivity contribution in [1.82, 2.24) is 0 Å². The summed E-state index contributed by atoms with van der Waals surface area (Å²) in [7, 11) is 0. The Morgan fingerprint density at radius 3 is 2.50 bits per heavy atom. The van der Waals surface area contributed by atoms with Crippen molar-refractivity contribution in [1.29, 1.82) is 0 Å². The molecule has 0 aromatic heterocycles. The van der Waals surface area contributed by atoms with E-state index in [4.69, 9.17) is 4.74 Å². The summed E-state index contributed by atoms with van der Waals surface area (Å²) >= 11 is 3.17. The molecule has 3 heteroatoms. The van der Waals surface area contributed by atoms with Crippen LogP contribution in [0.3, 0.4) is 0 Å². The van der Waals surface area contributed by atoms with Crippen molar-refractivity contribution in [3.63, 3.8) is 0 Å². The molecule has 0 radical (unpaired) electrons. The number of halogens is 1. The van der Waals surface area contributed by atoms with Crippen LogP contribution >= 0.6 is 15.9 Å². The van der Waals surface area contributed by atoms with Gasteiger partial charge >= 0.3 is 5.97 Å². The lowest BCUT2D eigenvalue weighted by Crippen LogP contribution is -2.12. The third kappa shape index (κ3) is 4.12. The molecule has 0 aliphatic carbocycles. The van der Waals surface area contributed by atoms with Crippen LogP contribution in [0.5, 0.6) is 0 Å². The first-order valence-corrected chi connectivity index (χ1v) is 3.52. The van der Waals surface area contributed by atoms with Gasteiger partial charge in [0.25, 0.3) is 0 Å². The first kappa shape index (κ1) is 7.95. The van der Waals surface area contributed by atoms with Crippen LogP contribution in [0.15, 0.2) is 0 Å². The van der Waals surface area contributed by atoms with Crippen LogP contribution in [-0.2, 0) is 9.53 Å². The molecule has 0 fully saturated rings. The minimum Gasteiger partial charge on any atom is -0.462 e. The van der Waals surface area contributed by atoms with E-state index in [-0.39, 0.29) is 12.1 Å². The summed E-state index contributed by atoms with van der Waals surface area (Å²) < 4.78 is 4.71. The lowest BCUT2D eigenvalue weighted by molar-refractivity contribution is -0.144. The zero-order valence-electron chi connectivity index (χ0n) is 4.98. The smallest absolute Gasteiger partial charge is 0.302 e. The van der Waals surface area contributed by atoms with Gasteiger partial charge in [0.2, 0.25) is 0 Å². The maximum atomic E-state index is 10.2. The second kappa shape index (κ2) is 3.89. The normalized spacial score (nSPS) is 12.9. The molecule has 0 bridgehead atoms. The Hall–Kier alpha value is -0.0500. The van der Waals surface area contributed by atoms with Crippen LogP contribution in [0.25, 0.3) is 0 Å². The molecule has 0 spiro atoms. The second-order valence-corrected chi connectivity index (χ2v) is 2.22. The number of carbonyl (C=O) groups excluding carboxylic acids is 1. The van der Waals surface area contributed by atoms with E-state index in [1.54, 1.807) is 0 Å². The van der Waals surface area contributed by atoms with Crippen LogP contribution in [0.1, 0.15) is 13.8 Å². The van der Waals surface area contributed by atoms with Gasteiger partial charge in [-0.1, -0.05) is 15.9 Å². The summed E-state index contributed by atoms with van der Waals surface area (Å²) in [6.07, 6.45) is -0.00694. The molecule has 1 atom stereocenters. The topological polar surface area (TPSA) is 26.3 Å². The number of ether oxygens (including phenoxy) is 1. The average molecular weight is 181 g/mol. The highest BCUT2D eigenvalue weighted by Gasteiger charge is 2.00. The van der Waals surface area contributed by atoms with Gasteiger partial charge in [0.15, 0.2) is 0 Å². The van der Waals surface area contributed by atoms with E-state index in [1.165, 1.54) is 6.92 Å². The van der Waals surface area contributed by atoms with Crippen LogP contribution < -0.4 is 0 Å². The number of carbonyl (C=O) groups is 1. The van der Waals surface area contributed by atoms with Gasteiger partial charge in [-0.3, -0.25) is 4.79 Å². The fourth-order valence-electron chi connectivity index (χ4n) is 0.315. The zero-order chi connectivity index (χ0) is 6.57. The van der Waals surface area contributed by atoms with Crippen molar-refractivity contribution >= 4 is 21.9 Å². The van der Waals surface area contributed by atoms with Gasteiger partial charge in [-0.05, 0) is 6.92 Å². The molecular weight excluding hydrogens is 172 g/mol. The van der Waals surface area contributed by atoms with Crippen LogP contribution in [-0.4, -0.2) is 17.4 Å². The van der Waals surface area contributed by atoms with Gasteiger partial charge in [-0.2, -0.15) is 0 Å². The molecule has 8 heavy (non-hydrogen) atoms. The molecule has 0 amide bonds. The second-order valence-electron chi connectivity index (χ2n) is 1.57. The molecule has 0 saturated carbocycles. The van der Waals surface area contributed by atoms with Crippen LogP contribution in [0.4, 0.5) is 0 Å². The van der Waals surface area contributed by atoms with E-state index in [1.807, 2.05) is 6.92 Å². The fraction of sp³-hybridized carbons (Fsp3) is 0.800. The highest BCUT2D eigenvalue weighted by atomic mass is 79.9. The van der Waals surface area contributed by atoms with Crippen molar-refractivity contribution in [2.45, 2.75) is 20.0 Å². The van der Waals surface area contributed by atoms with Gasteiger partial charge in [-0.25, -0.2) is 0 Å². The quantitative estimate of drug-likeness (QED) is 0.474. The summed E-state index contributed by atoms with van der Waals surface area (Å²) in [5.41, 5.74) is 0. The Bertz CT molecular complexity index is 82.5. The van der Waals surface area contributed by atoms with Crippen molar-refractivity contribution in [2.24, 2.45) is 0 Å². The Kier molecular flexibility index (Phi) is 3.87. The molecule has 0 aliphatic heterocycles. The van der Waals surface area contributed by atoms with E-state index < -0.39 is 0 Å². The van der Waals surface area contributed by atoms with Gasteiger partial charge in [0.05, 0.1) is 0 Å². The van der Waals surface area contributed by atoms with Crippen molar-refractivity contribution in [3.05, 3.63) is 0 Å². The molecule has 0 rings (SSSR count). The molecular formula is C5H9BrO2. The Labute approximate surface area is 57.3 Å². The maximum Gasteiger partial charge on any atom is 0.302 e. The number of alkyl halides is 1. The number of hydrogen-bond donors (Lipinski definition) is 0. The summed E-state index contributed by atoms with van der Waals surface area (Å²) in [6, 6.07) is 0. The molecule has 0 saturated heterocycles. The third-order valence-corrected chi connectivity index (χ3v) is 1.50. The first-order chi connectivity index (χ1) is 3.66. The van der Waals surface area contributed by atoms with E-state index in [0.717, 1.165) is 0 Å². The first-order valence-electron chi connectivity index (χ1n) is 2.40. The molecule has 48 valence electrons. The predicted molar refractivity (Wildman–Crippen MR) is 35.0 cm³/mol. The van der Waals surface area contributed by atoms with Crippen molar-refractivity contribution in [3.8, 4) is 0 Å². The van der Waals surface area contributed by atoms with Crippen LogP contribution in [0, 0.1) is 0 Å². The Morgan fingerprint density at radius 1 is 1.88 bits per heavy atom. The Morgan fingerprint density at radius 2 is 2.38 bits per heavy atom. The minimum atomic E-state index is -0.225. The summed E-state index contributed by atoms with van der Waals surface area (Å²) in [6.45, 7) is 3.23. The van der Waals surface area contributed by atoms with Gasteiger partial charge in [-0.15, -0.1) is 0 Å². The average Bonchev–Trinajstić information content (AvgIpc) is 1.65. The summed E-state index contributed by atoms with van der Waals surface area (Å²) in [5.74, 6) is -0.225. The van der Waals surface area contributed by atoms with E-state index in [2.05, 4.69) is 15.9 Å². The molecule has 0 aromatic rings. The molecule has 0 aromatic carbocycles. The van der Waals surface area contributed by atoms with Gasteiger partial charge in [0.1, 0.15) is 6.10 Å². The van der Waals surface area contributed by atoms with E-state index in [0.29, 0.717) is 5.33 Å². The van der Waals surface area contributed by atoms with Gasteiger partial charge in [0, 0.05) is 12.3 Å². The molecule has 0 unspecified atom stereocenters. The Balaban J connectivity index is 3.24. The number of hydrogen-bond acceptors (Lipinski definition) is 2. The predicted octanol–water partition coefficient (Wildman–Crippen LogP) is 1.33. The SMILES string of the molecule is CC(=O)O[C@@H](C)CBr. The largest absolute Gasteiger partial charge is 0.462 e. The lowest BCUT2D eigenvalue weighted by Gasteiger charge is -2.05. The van der Waals surface area contributed by atoms with Crippen molar-refractivity contribution < 1.29 is 9.53 Å². The summed E-state index contributed by atoms with van der Waals surface area (Å²) in [5, 5.41) is 0.701. The zero-order valence-corrected chi connectivity index (χ0v) is 6.56. The molecule has 0 N–H and O–H groups in total. The highest BCUT2D eigenvalue weighted by Crippen LogP contribution is 1.94. The monoisotopic (exact) mass is 180 g/mol. The number of rotatable bonds is 2. The maximum absolute atomic E-state index is 10.2. The van der Waals surface area contributed by atoms with E-state index >= 15 is 0 Å². The minimum absolute atomic E-state index is 0.00694. The third-order valence-electron chi connectivity index (χ3n) is 0.584. The lowest BCUT2D eigenvalue weighted by atomic mass is 10.5. The van der Waals surface area contributed by atoms with Gasteiger partial charge < -0.3 is 4.74 Å². The molecule has 2 nitrogen and oxygen atoms in total. The summed E-state index contributed by atoms with van der Waals surface area (Å²) in [4.78, 5) is 10.2. The number of esters is 1. The molecule has 0 aliphatic rings. The highest BCUT2D eigenvalue weighted by molar-refractivity contribution is 9.09. The van der Waals surface area contributed by atoms with Crippen LogP contribution in [0.2, 0.25) is 0 Å². The van der Waals surface area contributed by atoms with E-state index in [9.17, 15) is 4.79 Å². The molecule has 0 heterocycles. The fourth-order valence-corrected chi connectivity index (χ4v) is 0.447.